The van der Waals surface area contributed by atoms with Gasteiger partial charge in [-0.3, -0.25) is 0 Å². The van der Waals surface area contributed by atoms with E-state index in [1.54, 1.807) is 0 Å². The summed E-state index contributed by atoms with van der Waals surface area (Å²) in [5, 5.41) is 6.63. The number of oxazole rings is 1. The SMILES string of the molecule is c1ccc(-c2nc3c(o2)-c2cccc4c(N(c5ccc6c(c5)oc5ccccc56)c5ccc6c(c5)oc5ccccc56)ccc-3c24)cc1. The van der Waals surface area contributed by atoms with Crippen molar-refractivity contribution >= 4 is 71.7 Å². The second-order valence-electron chi connectivity index (χ2n) is 12.3. The first-order chi connectivity index (χ1) is 23.8. The van der Waals surface area contributed by atoms with Gasteiger partial charge >= 0.3 is 0 Å². The third-order valence-corrected chi connectivity index (χ3v) is 9.65. The van der Waals surface area contributed by atoms with Crippen LogP contribution in [0.4, 0.5) is 17.1 Å². The summed E-state index contributed by atoms with van der Waals surface area (Å²) in [5.74, 6) is 1.44. The molecule has 0 fully saturated rings. The topological polar surface area (TPSA) is 55.6 Å². The van der Waals surface area contributed by atoms with Gasteiger partial charge in [-0.15, -0.1) is 0 Å². The summed E-state index contributed by atoms with van der Waals surface area (Å²) in [6.45, 7) is 0. The van der Waals surface area contributed by atoms with Crippen molar-refractivity contribution in [2.75, 3.05) is 4.90 Å². The molecule has 0 saturated carbocycles. The molecule has 3 aromatic heterocycles. The Bertz CT molecular complexity index is 2770. The number of hydrogen-bond acceptors (Lipinski definition) is 5. The zero-order valence-corrected chi connectivity index (χ0v) is 25.5. The van der Waals surface area contributed by atoms with Gasteiger partial charge in [0.2, 0.25) is 5.89 Å². The molecule has 5 heteroatoms. The van der Waals surface area contributed by atoms with Gasteiger partial charge in [-0.25, -0.2) is 4.98 Å². The van der Waals surface area contributed by atoms with Gasteiger partial charge in [-0.05, 0) is 60.7 Å². The van der Waals surface area contributed by atoms with Crippen molar-refractivity contribution in [1.82, 2.24) is 4.98 Å². The van der Waals surface area contributed by atoms with Crippen LogP contribution in [0, 0.1) is 0 Å². The number of furan rings is 2. The van der Waals surface area contributed by atoms with E-state index in [1.807, 2.05) is 54.6 Å². The number of para-hydroxylation sites is 2. The predicted octanol–water partition coefficient (Wildman–Crippen LogP) is 12.4. The molecule has 3 heterocycles. The lowest BCUT2D eigenvalue weighted by atomic mass is 10.0. The van der Waals surface area contributed by atoms with Gasteiger partial charge in [0, 0.05) is 72.5 Å². The highest BCUT2D eigenvalue weighted by Gasteiger charge is 2.30. The second-order valence-corrected chi connectivity index (χ2v) is 12.3. The molecule has 10 aromatic rings. The van der Waals surface area contributed by atoms with E-state index in [4.69, 9.17) is 18.2 Å². The number of rotatable bonds is 4. The number of anilines is 3. The fraction of sp³-hybridized carbons (Fsp3) is 0. The van der Waals surface area contributed by atoms with Crippen molar-refractivity contribution in [1.29, 1.82) is 0 Å². The van der Waals surface area contributed by atoms with Gasteiger partial charge in [-0.1, -0.05) is 72.8 Å². The number of fused-ring (bicyclic) bond motifs is 9. The average Bonchev–Trinajstić information content (AvgIpc) is 3.90. The lowest BCUT2D eigenvalue weighted by molar-refractivity contribution is 0.590. The summed E-state index contributed by atoms with van der Waals surface area (Å²) in [6.07, 6.45) is 0. The maximum Gasteiger partial charge on any atom is 0.227 e. The molecule has 0 bridgehead atoms. The molecule has 0 radical (unpaired) electrons. The van der Waals surface area contributed by atoms with E-state index >= 15 is 0 Å². The Balaban J connectivity index is 1.14. The summed E-state index contributed by atoms with van der Waals surface area (Å²) in [6, 6.07) is 50.2. The van der Waals surface area contributed by atoms with Crippen LogP contribution in [0.15, 0.2) is 159 Å². The predicted molar refractivity (Wildman–Crippen MR) is 193 cm³/mol. The number of nitrogens with zero attached hydrogens (tertiary/aromatic N) is 2. The van der Waals surface area contributed by atoms with Crippen LogP contribution in [-0.4, -0.2) is 4.98 Å². The minimum atomic E-state index is 0.632. The van der Waals surface area contributed by atoms with Gasteiger partial charge in [0.15, 0.2) is 5.76 Å². The Morgan fingerprint density at radius 1 is 0.438 bits per heavy atom. The first-order valence-electron chi connectivity index (χ1n) is 16.0. The highest BCUT2D eigenvalue weighted by molar-refractivity contribution is 6.18. The lowest BCUT2D eigenvalue weighted by Crippen LogP contribution is -2.10. The monoisotopic (exact) mass is 616 g/mol. The maximum absolute atomic E-state index is 6.46. The summed E-state index contributed by atoms with van der Waals surface area (Å²) in [4.78, 5) is 7.29. The van der Waals surface area contributed by atoms with E-state index in [-0.39, 0.29) is 0 Å². The quantitative estimate of drug-likeness (QED) is 0.197. The van der Waals surface area contributed by atoms with Crippen molar-refractivity contribution in [3.8, 4) is 34.0 Å². The Labute approximate surface area is 273 Å². The van der Waals surface area contributed by atoms with E-state index in [0.717, 1.165) is 99.9 Å². The third kappa shape index (κ3) is 3.53. The van der Waals surface area contributed by atoms with Crippen molar-refractivity contribution in [3.05, 3.63) is 146 Å². The molecule has 0 unspecified atom stereocenters. The number of hydrogen-bond donors (Lipinski definition) is 0. The molecule has 48 heavy (non-hydrogen) atoms. The van der Waals surface area contributed by atoms with Crippen LogP contribution in [0.2, 0.25) is 0 Å². The highest BCUT2D eigenvalue weighted by atomic mass is 16.4. The van der Waals surface area contributed by atoms with Gasteiger partial charge in [0.25, 0.3) is 0 Å². The van der Waals surface area contributed by atoms with Crippen LogP contribution >= 0.6 is 0 Å². The van der Waals surface area contributed by atoms with Crippen LogP contribution in [0.1, 0.15) is 0 Å². The van der Waals surface area contributed by atoms with Crippen molar-refractivity contribution in [2.45, 2.75) is 0 Å². The third-order valence-electron chi connectivity index (χ3n) is 9.65. The smallest absolute Gasteiger partial charge is 0.227 e. The molecule has 11 rings (SSSR count). The van der Waals surface area contributed by atoms with Crippen LogP contribution in [0.3, 0.4) is 0 Å². The van der Waals surface area contributed by atoms with Crippen LogP contribution < -0.4 is 4.90 Å². The van der Waals surface area contributed by atoms with Crippen LogP contribution in [-0.2, 0) is 0 Å². The Hall–Kier alpha value is -6.59. The summed E-state index contributed by atoms with van der Waals surface area (Å²) in [7, 11) is 0. The van der Waals surface area contributed by atoms with E-state index in [0.29, 0.717) is 5.89 Å². The first-order valence-corrected chi connectivity index (χ1v) is 16.0. The molecule has 0 amide bonds. The van der Waals surface area contributed by atoms with Crippen molar-refractivity contribution in [2.24, 2.45) is 0 Å². The van der Waals surface area contributed by atoms with E-state index in [2.05, 4.69) is 95.9 Å². The van der Waals surface area contributed by atoms with Gasteiger partial charge in [0.05, 0.1) is 5.69 Å². The first kappa shape index (κ1) is 25.6. The molecular weight excluding hydrogens is 592 g/mol. The largest absolute Gasteiger partial charge is 0.456 e. The van der Waals surface area contributed by atoms with Gasteiger partial charge in [0.1, 0.15) is 28.0 Å². The fourth-order valence-corrected chi connectivity index (χ4v) is 7.50. The molecule has 1 aliphatic rings. The maximum atomic E-state index is 6.46. The van der Waals surface area contributed by atoms with E-state index < -0.39 is 0 Å². The van der Waals surface area contributed by atoms with Gasteiger partial charge in [-0.2, -0.15) is 0 Å². The van der Waals surface area contributed by atoms with Crippen LogP contribution in [0.25, 0.3) is 88.7 Å². The minimum Gasteiger partial charge on any atom is -0.456 e. The number of aromatic nitrogens is 1. The Morgan fingerprint density at radius 2 is 1.04 bits per heavy atom. The van der Waals surface area contributed by atoms with Crippen molar-refractivity contribution < 1.29 is 13.3 Å². The molecule has 0 aliphatic heterocycles. The summed E-state index contributed by atoms with van der Waals surface area (Å²) in [5.41, 5.74) is 10.4. The molecule has 1 aliphatic carbocycles. The van der Waals surface area contributed by atoms with Crippen LogP contribution in [0.5, 0.6) is 0 Å². The van der Waals surface area contributed by atoms with E-state index in [1.165, 1.54) is 0 Å². The zero-order chi connectivity index (χ0) is 31.3. The molecule has 0 spiro atoms. The second kappa shape index (κ2) is 9.47. The fourth-order valence-electron chi connectivity index (χ4n) is 7.50. The number of benzene rings is 7. The summed E-state index contributed by atoms with van der Waals surface area (Å²) >= 11 is 0. The molecule has 5 nitrogen and oxygen atoms in total. The minimum absolute atomic E-state index is 0.632. The zero-order valence-electron chi connectivity index (χ0n) is 25.5. The molecule has 0 atom stereocenters. The molecule has 7 aromatic carbocycles. The standard InChI is InChI=1S/C43H24N2O3/c1-2-9-25(10-3-1)43-44-41-33-21-22-35(32-13-8-14-34(40(32)33)42(41)48-43)45(26-17-19-30-28-11-4-6-15-36(28)46-38(30)23-26)27-18-20-31-29-12-5-7-16-37(29)47-39(31)24-27/h1-24H. The van der Waals surface area contributed by atoms with Crippen molar-refractivity contribution in [3.63, 3.8) is 0 Å². The summed E-state index contributed by atoms with van der Waals surface area (Å²) < 4.78 is 19.2. The molecule has 0 N–H and O–H groups in total. The highest BCUT2D eigenvalue weighted by Crippen LogP contribution is 2.52. The molecule has 224 valence electrons. The average molecular weight is 617 g/mol. The van der Waals surface area contributed by atoms with E-state index in [9.17, 15) is 0 Å². The Kier molecular flexibility index (Phi) is 5.05. The lowest BCUT2D eigenvalue weighted by Gasteiger charge is -2.27. The van der Waals surface area contributed by atoms with Gasteiger partial charge < -0.3 is 18.2 Å². The normalized spacial score (nSPS) is 12.2. The Morgan fingerprint density at radius 3 is 1.73 bits per heavy atom. The molecule has 0 saturated heterocycles. The molecular formula is C43H24N2O3.